The van der Waals surface area contributed by atoms with Gasteiger partial charge in [0.05, 0.1) is 13.2 Å². The number of carbonyl (C=O) groups excluding carboxylic acids is 2. The molecular formula is C22H26N2O5. The summed E-state index contributed by atoms with van der Waals surface area (Å²) >= 11 is 0. The summed E-state index contributed by atoms with van der Waals surface area (Å²) in [6.07, 6.45) is 0.757. The van der Waals surface area contributed by atoms with E-state index in [4.69, 9.17) is 19.9 Å². The minimum atomic E-state index is -0.545. The van der Waals surface area contributed by atoms with Crippen LogP contribution < -0.4 is 19.9 Å². The quantitative estimate of drug-likeness (QED) is 0.738. The minimum absolute atomic E-state index is 0.0519. The van der Waals surface area contributed by atoms with Gasteiger partial charge < -0.3 is 24.8 Å². The summed E-state index contributed by atoms with van der Waals surface area (Å²) in [4.78, 5) is 25.5. The van der Waals surface area contributed by atoms with E-state index in [0.29, 0.717) is 43.4 Å². The Morgan fingerprint density at radius 1 is 0.966 bits per heavy atom. The Hall–Kier alpha value is -3.22. The van der Waals surface area contributed by atoms with Crippen molar-refractivity contribution < 1.29 is 23.8 Å². The highest BCUT2D eigenvalue weighted by atomic mass is 16.5. The molecule has 0 aliphatic carbocycles. The van der Waals surface area contributed by atoms with Crippen molar-refractivity contribution in [3.05, 3.63) is 53.1 Å². The monoisotopic (exact) mass is 398 g/mol. The molecule has 1 aliphatic rings. The van der Waals surface area contributed by atoms with Crippen molar-refractivity contribution in [1.82, 2.24) is 4.90 Å². The van der Waals surface area contributed by atoms with Gasteiger partial charge in [0.1, 0.15) is 5.75 Å². The van der Waals surface area contributed by atoms with Gasteiger partial charge in [0.2, 0.25) is 0 Å². The Balaban J connectivity index is 1.73. The summed E-state index contributed by atoms with van der Waals surface area (Å²) in [5.41, 5.74) is 7.88. The average Bonchev–Trinajstić information content (AvgIpc) is 2.72. The van der Waals surface area contributed by atoms with E-state index in [2.05, 4.69) is 0 Å². The lowest BCUT2D eigenvalue weighted by molar-refractivity contribution is -0.119. The molecule has 3 rings (SSSR count). The zero-order chi connectivity index (χ0) is 20.8. The molecule has 154 valence electrons. The molecule has 0 saturated carbocycles. The van der Waals surface area contributed by atoms with Gasteiger partial charge in [-0.25, -0.2) is 0 Å². The molecule has 0 aromatic heterocycles. The first-order valence-electron chi connectivity index (χ1n) is 9.73. The van der Waals surface area contributed by atoms with Crippen LogP contribution in [0.2, 0.25) is 0 Å². The first-order valence-corrected chi connectivity index (χ1v) is 9.73. The molecule has 2 amide bonds. The van der Waals surface area contributed by atoms with Crippen LogP contribution >= 0.6 is 0 Å². The maximum atomic E-state index is 12.9. The van der Waals surface area contributed by atoms with Crippen LogP contribution in [0.5, 0.6) is 17.2 Å². The van der Waals surface area contributed by atoms with Crippen molar-refractivity contribution in [1.29, 1.82) is 0 Å². The van der Waals surface area contributed by atoms with Gasteiger partial charge in [-0.05, 0) is 67.8 Å². The van der Waals surface area contributed by atoms with Gasteiger partial charge in [-0.15, -0.1) is 0 Å². The molecule has 2 N–H and O–H groups in total. The zero-order valence-corrected chi connectivity index (χ0v) is 16.8. The van der Waals surface area contributed by atoms with Gasteiger partial charge in [0, 0.05) is 18.7 Å². The maximum absolute atomic E-state index is 12.9. The second-order valence-electron chi connectivity index (χ2n) is 6.69. The lowest BCUT2D eigenvalue weighted by Gasteiger charge is -2.30. The third kappa shape index (κ3) is 4.99. The molecule has 7 heteroatoms. The number of hydrogen-bond acceptors (Lipinski definition) is 5. The topological polar surface area (TPSA) is 91.1 Å². The van der Waals surface area contributed by atoms with Crippen molar-refractivity contribution in [2.75, 3.05) is 26.4 Å². The van der Waals surface area contributed by atoms with Crippen LogP contribution in [-0.2, 0) is 17.8 Å². The SMILES string of the molecule is CCOc1cc2c(cc1OCC)CN(C(=O)c1ccc(OCC(N)=O)cc1)CC2. The van der Waals surface area contributed by atoms with Crippen LogP contribution in [0.1, 0.15) is 35.3 Å². The normalized spacial score (nSPS) is 12.8. The molecule has 0 bridgehead atoms. The number of ether oxygens (including phenoxy) is 3. The molecule has 7 nitrogen and oxygen atoms in total. The van der Waals surface area contributed by atoms with Crippen molar-refractivity contribution in [3.63, 3.8) is 0 Å². The van der Waals surface area contributed by atoms with Crippen molar-refractivity contribution in [2.24, 2.45) is 5.73 Å². The smallest absolute Gasteiger partial charge is 0.255 e. The molecule has 2 aromatic rings. The number of benzene rings is 2. The van der Waals surface area contributed by atoms with E-state index in [1.165, 1.54) is 5.56 Å². The molecule has 0 unspecified atom stereocenters. The van der Waals surface area contributed by atoms with Crippen LogP contribution in [0.25, 0.3) is 0 Å². The number of hydrogen-bond donors (Lipinski definition) is 1. The van der Waals surface area contributed by atoms with Gasteiger partial charge in [0.25, 0.3) is 11.8 Å². The summed E-state index contributed by atoms with van der Waals surface area (Å²) < 4.78 is 16.6. The molecule has 1 aliphatic heterocycles. The van der Waals surface area contributed by atoms with Gasteiger partial charge in [-0.3, -0.25) is 9.59 Å². The Morgan fingerprint density at radius 2 is 1.59 bits per heavy atom. The van der Waals surface area contributed by atoms with Gasteiger partial charge in [0.15, 0.2) is 18.1 Å². The highest BCUT2D eigenvalue weighted by Crippen LogP contribution is 2.34. The fraction of sp³-hybridized carbons (Fsp3) is 0.364. The Kier molecular flexibility index (Phi) is 6.59. The molecule has 2 aromatic carbocycles. The van der Waals surface area contributed by atoms with Crippen LogP contribution in [0.15, 0.2) is 36.4 Å². The number of primary amides is 1. The van der Waals surface area contributed by atoms with Gasteiger partial charge in [-0.1, -0.05) is 0 Å². The van der Waals surface area contributed by atoms with E-state index >= 15 is 0 Å². The molecular weight excluding hydrogens is 372 g/mol. The van der Waals surface area contributed by atoms with E-state index in [9.17, 15) is 9.59 Å². The average molecular weight is 398 g/mol. The highest BCUT2D eigenvalue weighted by molar-refractivity contribution is 5.94. The van der Waals surface area contributed by atoms with E-state index < -0.39 is 5.91 Å². The number of fused-ring (bicyclic) bond motifs is 1. The largest absolute Gasteiger partial charge is 0.490 e. The lowest BCUT2D eigenvalue weighted by Crippen LogP contribution is -2.36. The number of nitrogens with zero attached hydrogens (tertiary/aromatic N) is 1. The Labute approximate surface area is 170 Å². The first-order chi connectivity index (χ1) is 14.0. The van der Waals surface area contributed by atoms with E-state index in [0.717, 1.165) is 17.7 Å². The van der Waals surface area contributed by atoms with Crippen LogP contribution in [0.4, 0.5) is 0 Å². The van der Waals surface area contributed by atoms with E-state index in [1.807, 2.05) is 30.9 Å². The minimum Gasteiger partial charge on any atom is -0.490 e. The van der Waals surface area contributed by atoms with Gasteiger partial charge in [-0.2, -0.15) is 0 Å². The third-order valence-corrected chi connectivity index (χ3v) is 4.65. The van der Waals surface area contributed by atoms with Crippen molar-refractivity contribution in [2.45, 2.75) is 26.8 Å². The second kappa shape index (κ2) is 9.32. The first kappa shape index (κ1) is 20.5. The van der Waals surface area contributed by atoms with Crippen LogP contribution in [0.3, 0.4) is 0 Å². The summed E-state index contributed by atoms with van der Waals surface area (Å²) in [5, 5.41) is 0. The standard InChI is InChI=1S/C22H26N2O5/c1-3-27-19-11-16-9-10-24(13-17(16)12-20(19)28-4-2)22(26)15-5-7-18(8-6-15)29-14-21(23)25/h5-8,11-12H,3-4,9-10,13-14H2,1-2H3,(H2,23,25). The summed E-state index contributed by atoms with van der Waals surface area (Å²) in [7, 11) is 0. The van der Waals surface area contributed by atoms with Crippen LogP contribution in [0, 0.1) is 0 Å². The van der Waals surface area contributed by atoms with E-state index in [1.54, 1.807) is 24.3 Å². The Morgan fingerprint density at radius 3 is 2.17 bits per heavy atom. The third-order valence-electron chi connectivity index (χ3n) is 4.65. The predicted octanol–water partition coefficient (Wildman–Crippen LogP) is 2.55. The van der Waals surface area contributed by atoms with Crippen molar-refractivity contribution >= 4 is 11.8 Å². The number of carbonyl (C=O) groups is 2. The molecule has 0 fully saturated rings. The van der Waals surface area contributed by atoms with Crippen LogP contribution in [-0.4, -0.2) is 43.1 Å². The number of amides is 2. The molecule has 29 heavy (non-hydrogen) atoms. The summed E-state index contributed by atoms with van der Waals surface area (Å²) in [6, 6.07) is 10.7. The molecule has 0 saturated heterocycles. The Bertz CT molecular complexity index is 880. The lowest BCUT2D eigenvalue weighted by atomic mass is 9.98. The highest BCUT2D eigenvalue weighted by Gasteiger charge is 2.24. The maximum Gasteiger partial charge on any atom is 0.255 e. The second-order valence-corrected chi connectivity index (χ2v) is 6.69. The molecule has 1 heterocycles. The summed E-state index contributed by atoms with van der Waals surface area (Å²) in [5.74, 6) is 1.35. The predicted molar refractivity (Wildman–Crippen MR) is 108 cm³/mol. The summed E-state index contributed by atoms with van der Waals surface area (Å²) in [6.45, 7) is 5.95. The fourth-order valence-electron chi connectivity index (χ4n) is 3.30. The van der Waals surface area contributed by atoms with Crippen molar-refractivity contribution in [3.8, 4) is 17.2 Å². The number of rotatable bonds is 8. The molecule has 0 spiro atoms. The molecule has 0 radical (unpaired) electrons. The molecule has 0 atom stereocenters. The van der Waals surface area contributed by atoms with Gasteiger partial charge >= 0.3 is 0 Å². The zero-order valence-electron chi connectivity index (χ0n) is 16.8. The van der Waals surface area contributed by atoms with E-state index in [-0.39, 0.29) is 12.5 Å². The fourth-order valence-corrected chi connectivity index (χ4v) is 3.30. The number of nitrogens with two attached hydrogens (primary N) is 1.